The third kappa shape index (κ3) is 30.1. The lowest BCUT2D eigenvalue weighted by Crippen LogP contribution is -2.21. The molecule has 2 nitrogen and oxygen atoms in total. The van der Waals surface area contributed by atoms with Crippen LogP contribution >= 0.6 is 0 Å². The minimum Gasteiger partial charge on any atom is -0.353 e. The second-order valence-corrected chi connectivity index (χ2v) is 11.9. The molecular weight excluding hydrogens is 440 g/mol. The van der Waals surface area contributed by atoms with E-state index in [0.29, 0.717) is 5.92 Å². The largest absolute Gasteiger partial charge is 0.353 e. The molecule has 0 heterocycles. The van der Waals surface area contributed by atoms with E-state index in [1.807, 2.05) is 0 Å². The monoisotopic (exact) mass is 511 g/mol. The summed E-state index contributed by atoms with van der Waals surface area (Å²) in [6, 6.07) is 0. The minimum absolute atomic E-state index is 0.00929. The van der Waals surface area contributed by atoms with E-state index in [-0.39, 0.29) is 6.29 Å². The van der Waals surface area contributed by atoms with Crippen molar-refractivity contribution in [3.63, 3.8) is 0 Å². The highest BCUT2D eigenvalue weighted by Crippen LogP contribution is 2.15. The topological polar surface area (TPSA) is 18.5 Å². The Labute approximate surface area is 229 Å². The van der Waals surface area contributed by atoms with Gasteiger partial charge in [-0.15, -0.1) is 0 Å². The quantitative estimate of drug-likeness (QED) is 0.0681. The average molecular weight is 511 g/mol. The molecule has 0 N–H and O–H groups in total. The Morgan fingerprint density at radius 3 is 0.861 bits per heavy atom. The summed E-state index contributed by atoms with van der Waals surface area (Å²) in [5.41, 5.74) is 0. The van der Waals surface area contributed by atoms with Crippen LogP contribution in [-0.2, 0) is 9.47 Å². The van der Waals surface area contributed by atoms with Crippen LogP contribution in [0.5, 0.6) is 0 Å². The number of unbranched alkanes of at least 4 members (excludes halogenated alkanes) is 23. The van der Waals surface area contributed by atoms with Crippen molar-refractivity contribution in [2.45, 2.75) is 201 Å². The first kappa shape index (κ1) is 35.9. The Kier molecular flexibility index (Phi) is 31.1. The SMILES string of the molecule is CCCCCCCCCCCCCCCOC(CC(C)C)OCCCCCCCCCCCCCC. The van der Waals surface area contributed by atoms with E-state index in [9.17, 15) is 0 Å². The zero-order valence-electron chi connectivity index (χ0n) is 25.8. The van der Waals surface area contributed by atoms with E-state index in [0.717, 1.165) is 19.6 Å². The molecule has 36 heavy (non-hydrogen) atoms. The van der Waals surface area contributed by atoms with Gasteiger partial charge in [-0.3, -0.25) is 0 Å². The first-order valence-electron chi connectivity index (χ1n) is 16.9. The zero-order chi connectivity index (χ0) is 26.4. The minimum atomic E-state index is 0.00929. The smallest absolute Gasteiger partial charge is 0.157 e. The van der Waals surface area contributed by atoms with E-state index < -0.39 is 0 Å². The third-order valence-electron chi connectivity index (χ3n) is 7.52. The summed E-state index contributed by atoms with van der Waals surface area (Å²) >= 11 is 0. The summed E-state index contributed by atoms with van der Waals surface area (Å²) in [6.07, 6.45) is 35.9. The van der Waals surface area contributed by atoms with Crippen LogP contribution in [0.4, 0.5) is 0 Å². The first-order chi connectivity index (χ1) is 17.7. The second-order valence-electron chi connectivity index (χ2n) is 11.9. The summed E-state index contributed by atoms with van der Waals surface area (Å²) in [6.45, 7) is 10.9. The number of hydrogen-bond acceptors (Lipinski definition) is 2. The molecule has 0 aliphatic carbocycles. The van der Waals surface area contributed by atoms with Crippen LogP contribution in [0.1, 0.15) is 195 Å². The Balaban J connectivity index is 3.49. The highest BCUT2D eigenvalue weighted by Gasteiger charge is 2.11. The molecule has 0 aromatic rings. The molecule has 0 bridgehead atoms. The van der Waals surface area contributed by atoms with Crippen LogP contribution < -0.4 is 0 Å². The van der Waals surface area contributed by atoms with E-state index in [2.05, 4.69) is 27.7 Å². The van der Waals surface area contributed by atoms with Gasteiger partial charge in [0.15, 0.2) is 6.29 Å². The van der Waals surface area contributed by atoms with E-state index >= 15 is 0 Å². The van der Waals surface area contributed by atoms with Crippen molar-refractivity contribution in [3.05, 3.63) is 0 Å². The highest BCUT2D eigenvalue weighted by atomic mass is 16.7. The molecular formula is C34H70O2. The first-order valence-corrected chi connectivity index (χ1v) is 16.9. The van der Waals surface area contributed by atoms with Crippen LogP contribution in [0, 0.1) is 5.92 Å². The van der Waals surface area contributed by atoms with E-state index in [1.165, 1.54) is 161 Å². The molecule has 1 unspecified atom stereocenters. The van der Waals surface area contributed by atoms with Gasteiger partial charge in [-0.2, -0.15) is 0 Å². The normalized spacial score (nSPS) is 12.6. The van der Waals surface area contributed by atoms with Gasteiger partial charge in [0.2, 0.25) is 0 Å². The predicted molar refractivity (Wildman–Crippen MR) is 162 cm³/mol. The maximum Gasteiger partial charge on any atom is 0.157 e. The molecule has 0 aliphatic heterocycles. The van der Waals surface area contributed by atoms with Crippen molar-refractivity contribution in [1.29, 1.82) is 0 Å². The molecule has 0 rings (SSSR count). The fraction of sp³-hybridized carbons (Fsp3) is 1.00. The maximum atomic E-state index is 6.14. The van der Waals surface area contributed by atoms with Gasteiger partial charge in [-0.1, -0.05) is 175 Å². The maximum absolute atomic E-state index is 6.14. The zero-order valence-corrected chi connectivity index (χ0v) is 25.8. The molecule has 0 aromatic carbocycles. The molecule has 0 aromatic heterocycles. The summed E-state index contributed by atoms with van der Waals surface area (Å²) in [4.78, 5) is 0. The third-order valence-corrected chi connectivity index (χ3v) is 7.52. The van der Waals surface area contributed by atoms with Gasteiger partial charge in [0, 0.05) is 19.6 Å². The molecule has 0 fully saturated rings. The Morgan fingerprint density at radius 1 is 0.361 bits per heavy atom. The molecule has 0 saturated heterocycles. The number of ether oxygens (including phenoxy) is 2. The lowest BCUT2D eigenvalue weighted by atomic mass is 10.0. The molecule has 0 amide bonds. The van der Waals surface area contributed by atoms with Gasteiger partial charge in [0.1, 0.15) is 0 Å². The fourth-order valence-corrected chi connectivity index (χ4v) is 5.06. The average Bonchev–Trinajstić information content (AvgIpc) is 2.86. The summed E-state index contributed by atoms with van der Waals surface area (Å²) < 4.78 is 12.3. The van der Waals surface area contributed by atoms with Crippen molar-refractivity contribution in [2.24, 2.45) is 5.92 Å². The highest BCUT2D eigenvalue weighted by molar-refractivity contribution is 4.54. The molecule has 218 valence electrons. The second kappa shape index (κ2) is 31.1. The van der Waals surface area contributed by atoms with Crippen LogP contribution in [0.25, 0.3) is 0 Å². The van der Waals surface area contributed by atoms with Crippen LogP contribution in [0.3, 0.4) is 0 Å². The molecule has 1 atom stereocenters. The van der Waals surface area contributed by atoms with Gasteiger partial charge in [-0.25, -0.2) is 0 Å². The van der Waals surface area contributed by atoms with Crippen molar-refractivity contribution < 1.29 is 9.47 Å². The molecule has 0 aliphatic rings. The lowest BCUT2D eigenvalue weighted by Gasteiger charge is -2.20. The fourth-order valence-electron chi connectivity index (χ4n) is 5.06. The van der Waals surface area contributed by atoms with Crippen LogP contribution in [0.2, 0.25) is 0 Å². The van der Waals surface area contributed by atoms with E-state index in [1.54, 1.807) is 0 Å². The van der Waals surface area contributed by atoms with Gasteiger partial charge < -0.3 is 9.47 Å². The molecule has 0 spiro atoms. The number of hydrogen-bond donors (Lipinski definition) is 0. The van der Waals surface area contributed by atoms with Gasteiger partial charge in [0.05, 0.1) is 0 Å². The van der Waals surface area contributed by atoms with Gasteiger partial charge >= 0.3 is 0 Å². The Morgan fingerprint density at radius 2 is 0.611 bits per heavy atom. The Bertz CT molecular complexity index is 381. The summed E-state index contributed by atoms with van der Waals surface area (Å²) in [7, 11) is 0. The van der Waals surface area contributed by atoms with Crippen molar-refractivity contribution in [1.82, 2.24) is 0 Å². The molecule has 2 heteroatoms. The molecule has 0 radical (unpaired) electrons. The Hall–Kier alpha value is -0.0800. The number of rotatable bonds is 31. The van der Waals surface area contributed by atoms with Crippen LogP contribution in [0.15, 0.2) is 0 Å². The van der Waals surface area contributed by atoms with Crippen LogP contribution in [-0.4, -0.2) is 19.5 Å². The van der Waals surface area contributed by atoms with Gasteiger partial charge in [0.25, 0.3) is 0 Å². The van der Waals surface area contributed by atoms with Crippen molar-refractivity contribution in [2.75, 3.05) is 13.2 Å². The summed E-state index contributed by atoms with van der Waals surface area (Å²) in [5, 5.41) is 0. The van der Waals surface area contributed by atoms with Crippen molar-refractivity contribution in [3.8, 4) is 0 Å². The summed E-state index contributed by atoms with van der Waals surface area (Å²) in [5.74, 6) is 0.628. The van der Waals surface area contributed by atoms with Crippen molar-refractivity contribution >= 4 is 0 Å². The predicted octanol–water partition coefficient (Wildman–Crippen LogP) is 12.2. The standard InChI is InChI=1S/C34H70O2/c1-5-7-9-11-13-15-17-19-21-23-25-27-29-31-36-34(32-33(3)4)35-30-28-26-24-22-20-18-16-14-12-10-8-6-2/h33-34H,5-32H2,1-4H3. The van der Waals surface area contributed by atoms with E-state index in [4.69, 9.17) is 9.47 Å². The molecule has 0 saturated carbocycles. The lowest BCUT2D eigenvalue weighted by molar-refractivity contribution is -0.152. The van der Waals surface area contributed by atoms with Gasteiger partial charge in [-0.05, 0) is 18.8 Å².